The van der Waals surface area contributed by atoms with E-state index in [1.807, 2.05) is 0 Å². The highest BCUT2D eigenvalue weighted by atomic mass is 32.1. The second-order valence-electron chi connectivity index (χ2n) is 3.29. The van der Waals surface area contributed by atoms with Gasteiger partial charge in [-0.1, -0.05) is 11.3 Å². The van der Waals surface area contributed by atoms with Crippen LogP contribution in [0.3, 0.4) is 0 Å². The van der Waals surface area contributed by atoms with Crippen LogP contribution in [0.2, 0.25) is 0 Å². The summed E-state index contributed by atoms with van der Waals surface area (Å²) in [6.45, 7) is 0.378. The molecule has 17 heavy (non-hydrogen) atoms. The summed E-state index contributed by atoms with van der Waals surface area (Å²) in [4.78, 5) is 15.7. The second-order valence-corrected chi connectivity index (χ2v) is 4.15. The van der Waals surface area contributed by atoms with Crippen molar-refractivity contribution in [3.8, 4) is 11.5 Å². The van der Waals surface area contributed by atoms with Crippen molar-refractivity contribution < 1.29 is 9.47 Å². The highest BCUT2D eigenvalue weighted by Crippen LogP contribution is 2.29. The molecule has 5 nitrogen and oxygen atoms in total. The number of pyridine rings is 1. The van der Waals surface area contributed by atoms with E-state index in [0.717, 1.165) is 11.3 Å². The first-order chi connectivity index (χ1) is 8.26. The third kappa shape index (κ3) is 2.31. The van der Waals surface area contributed by atoms with Gasteiger partial charge in [0, 0.05) is 23.8 Å². The largest absolute Gasteiger partial charge is 0.493 e. The molecule has 0 fully saturated rings. The first-order valence-electron chi connectivity index (χ1n) is 4.96. The van der Waals surface area contributed by atoms with Gasteiger partial charge in [0.15, 0.2) is 11.5 Å². The maximum atomic E-state index is 11.5. The van der Waals surface area contributed by atoms with Gasteiger partial charge in [-0.05, 0) is 0 Å². The van der Waals surface area contributed by atoms with Crippen LogP contribution in [0.4, 0.5) is 0 Å². The van der Waals surface area contributed by atoms with E-state index >= 15 is 0 Å². The Labute approximate surface area is 102 Å². The molecule has 0 aliphatic heterocycles. The molecule has 0 N–H and O–H groups in total. The molecular weight excluding hydrogens is 240 g/mol. The number of hydrogen-bond donors (Lipinski definition) is 0. The molecule has 0 spiro atoms. The molecule has 90 valence electrons. The van der Waals surface area contributed by atoms with Crippen molar-refractivity contribution in [1.82, 2.24) is 9.55 Å². The van der Waals surface area contributed by atoms with Gasteiger partial charge in [-0.3, -0.25) is 14.3 Å². The maximum absolute atomic E-state index is 11.5. The molecule has 0 radical (unpaired) electrons. The Morgan fingerprint density at radius 1 is 1.41 bits per heavy atom. The van der Waals surface area contributed by atoms with Crippen LogP contribution in [-0.4, -0.2) is 23.8 Å². The smallest absolute Gasteiger partial charge is 0.307 e. The van der Waals surface area contributed by atoms with E-state index in [0.29, 0.717) is 23.7 Å². The Balaban J connectivity index is 2.39. The SMILES string of the molecule is COc1ccnc(Cn2ccsc2=O)c1OC. The molecule has 0 aromatic carbocycles. The van der Waals surface area contributed by atoms with Crippen LogP contribution < -0.4 is 14.3 Å². The van der Waals surface area contributed by atoms with Gasteiger partial charge >= 0.3 is 4.87 Å². The van der Waals surface area contributed by atoms with Gasteiger partial charge in [0.05, 0.1) is 20.8 Å². The minimum atomic E-state index is -0.0170. The lowest BCUT2D eigenvalue weighted by molar-refractivity contribution is 0.348. The van der Waals surface area contributed by atoms with Crippen LogP contribution in [0.5, 0.6) is 11.5 Å². The lowest BCUT2D eigenvalue weighted by Crippen LogP contribution is -2.14. The Hall–Kier alpha value is -1.82. The minimum absolute atomic E-state index is 0.0170. The Bertz CT molecular complexity index is 562. The summed E-state index contributed by atoms with van der Waals surface area (Å²) in [5, 5.41) is 1.75. The Morgan fingerprint density at radius 3 is 2.82 bits per heavy atom. The summed E-state index contributed by atoms with van der Waals surface area (Å²) < 4.78 is 12.0. The highest BCUT2D eigenvalue weighted by Gasteiger charge is 2.12. The third-order valence-electron chi connectivity index (χ3n) is 2.33. The summed E-state index contributed by atoms with van der Waals surface area (Å²) in [7, 11) is 3.12. The normalized spacial score (nSPS) is 10.2. The molecule has 0 saturated carbocycles. The standard InChI is InChI=1S/C11H12N2O3S/c1-15-9-3-4-12-8(10(9)16-2)7-13-5-6-17-11(13)14/h3-6H,7H2,1-2H3. The van der Waals surface area contributed by atoms with E-state index in [1.165, 1.54) is 0 Å². The molecule has 0 aliphatic rings. The van der Waals surface area contributed by atoms with E-state index in [1.54, 1.807) is 42.6 Å². The number of hydrogen-bond acceptors (Lipinski definition) is 5. The highest BCUT2D eigenvalue weighted by molar-refractivity contribution is 7.07. The predicted octanol–water partition coefficient (Wildman–Crippen LogP) is 1.37. The van der Waals surface area contributed by atoms with Crippen molar-refractivity contribution in [2.24, 2.45) is 0 Å². The van der Waals surface area contributed by atoms with E-state index in [2.05, 4.69) is 4.98 Å². The van der Waals surface area contributed by atoms with Crippen molar-refractivity contribution >= 4 is 11.3 Å². The molecular formula is C11H12N2O3S. The first kappa shape index (κ1) is 11.7. The zero-order chi connectivity index (χ0) is 12.3. The van der Waals surface area contributed by atoms with E-state index in [-0.39, 0.29) is 4.87 Å². The van der Waals surface area contributed by atoms with E-state index in [9.17, 15) is 4.79 Å². The summed E-state index contributed by atoms with van der Waals surface area (Å²) in [6, 6.07) is 1.72. The average Bonchev–Trinajstić information content (AvgIpc) is 2.74. The Kier molecular flexibility index (Phi) is 3.43. The third-order valence-corrected chi connectivity index (χ3v) is 3.02. The van der Waals surface area contributed by atoms with Gasteiger partial charge in [0.1, 0.15) is 5.69 Å². The van der Waals surface area contributed by atoms with Gasteiger partial charge in [0.2, 0.25) is 0 Å². The summed E-state index contributed by atoms with van der Waals surface area (Å²) in [5.41, 5.74) is 0.673. The second kappa shape index (κ2) is 5.01. The van der Waals surface area contributed by atoms with Crippen LogP contribution >= 0.6 is 11.3 Å². The zero-order valence-corrected chi connectivity index (χ0v) is 10.4. The lowest BCUT2D eigenvalue weighted by atomic mass is 10.3. The predicted molar refractivity (Wildman–Crippen MR) is 65.0 cm³/mol. The van der Waals surface area contributed by atoms with Crippen LogP contribution in [0.1, 0.15) is 5.69 Å². The van der Waals surface area contributed by atoms with Crippen molar-refractivity contribution in [2.45, 2.75) is 6.54 Å². The minimum Gasteiger partial charge on any atom is -0.493 e. The van der Waals surface area contributed by atoms with Crippen LogP contribution in [0.15, 0.2) is 28.6 Å². The number of rotatable bonds is 4. The van der Waals surface area contributed by atoms with Crippen molar-refractivity contribution in [3.63, 3.8) is 0 Å². The Morgan fingerprint density at radius 2 is 2.24 bits per heavy atom. The van der Waals surface area contributed by atoms with E-state index in [4.69, 9.17) is 9.47 Å². The van der Waals surface area contributed by atoms with Crippen LogP contribution in [-0.2, 0) is 6.54 Å². The summed E-state index contributed by atoms with van der Waals surface area (Å²) in [6.07, 6.45) is 3.36. The molecule has 0 aliphatic carbocycles. The van der Waals surface area contributed by atoms with Gasteiger partial charge in [-0.2, -0.15) is 0 Å². The van der Waals surface area contributed by atoms with Crippen molar-refractivity contribution in [1.29, 1.82) is 0 Å². The molecule has 0 amide bonds. The molecule has 0 saturated heterocycles. The van der Waals surface area contributed by atoms with Crippen LogP contribution in [0, 0.1) is 0 Å². The number of ether oxygens (including phenoxy) is 2. The number of aromatic nitrogens is 2. The van der Waals surface area contributed by atoms with Crippen molar-refractivity contribution in [2.75, 3.05) is 14.2 Å². The molecule has 0 unspecified atom stereocenters. The monoisotopic (exact) mass is 252 g/mol. The lowest BCUT2D eigenvalue weighted by Gasteiger charge is -2.11. The number of nitrogens with zero attached hydrogens (tertiary/aromatic N) is 2. The van der Waals surface area contributed by atoms with Gasteiger partial charge in [0.25, 0.3) is 0 Å². The quantitative estimate of drug-likeness (QED) is 0.824. The number of thiazole rings is 1. The average molecular weight is 252 g/mol. The molecule has 2 heterocycles. The van der Waals surface area contributed by atoms with Crippen LogP contribution in [0.25, 0.3) is 0 Å². The molecule has 2 aromatic heterocycles. The van der Waals surface area contributed by atoms with Gasteiger partial charge in [-0.15, -0.1) is 0 Å². The summed E-state index contributed by atoms with van der Waals surface area (Å²) >= 11 is 1.15. The first-order valence-corrected chi connectivity index (χ1v) is 5.84. The molecule has 2 aromatic rings. The van der Waals surface area contributed by atoms with Crippen molar-refractivity contribution in [3.05, 3.63) is 39.2 Å². The maximum Gasteiger partial charge on any atom is 0.307 e. The zero-order valence-electron chi connectivity index (χ0n) is 9.54. The summed E-state index contributed by atoms with van der Waals surface area (Å²) in [5.74, 6) is 1.17. The molecule has 0 atom stereocenters. The topological polar surface area (TPSA) is 53.4 Å². The van der Waals surface area contributed by atoms with Gasteiger partial charge in [-0.25, -0.2) is 0 Å². The van der Waals surface area contributed by atoms with Gasteiger partial charge < -0.3 is 9.47 Å². The molecule has 6 heteroatoms. The molecule has 0 bridgehead atoms. The van der Waals surface area contributed by atoms with E-state index < -0.39 is 0 Å². The number of methoxy groups -OCH3 is 2. The molecule has 2 rings (SSSR count). The fraction of sp³-hybridized carbons (Fsp3) is 0.273. The fourth-order valence-corrected chi connectivity index (χ4v) is 2.12. The fourth-order valence-electron chi connectivity index (χ4n) is 1.53.